The van der Waals surface area contributed by atoms with Gasteiger partial charge in [-0.1, -0.05) is 25.4 Å². The maximum absolute atomic E-state index is 6.27. The topological polar surface area (TPSA) is 44.5 Å². The molecule has 0 amide bonds. The number of methoxy groups -OCH3 is 2. The van der Waals surface area contributed by atoms with Crippen LogP contribution in [-0.4, -0.2) is 14.2 Å². The summed E-state index contributed by atoms with van der Waals surface area (Å²) in [6.45, 7) is 6.08. The Morgan fingerprint density at radius 1 is 1.12 bits per heavy atom. The first-order valence-corrected chi connectivity index (χ1v) is 6.01. The Bertz CT molecular complexity index is 403. The first kappa shape index (κ1) is 14.1. The number of nitrogens with two attached hydrogens (primary N) is 1. The summed E-state index contributed by atoms with van der Waals surface area (Å²) in [7, 11) is 3.23. The van der Waals surface area contributed by atoms with Crippen molar-refractivity contribution >= 4 is 11.6 Å². The molecule has 0 bridgehead atoms. The van der Waals surface area contributed by atoms with Crippen LogP contribution in [0.1, 0.15) is 43.9 Å². The Labute approximate surface area is 108 Å². The van der Waals surface area contributed by atoms with Crippen molar-refractivity contribution in [3.8, 4) is 11.5 Å². The predicted octanol–water partition coefficient (Wildman–Crippen LogP) is 3.50. The number of hydrogen-bond donors (Lipinski definition) is 1. The van der Waals surface area contributed by atoms with Gasteiger partial charge in [0.2, 0.25) is 0 Å². The fourth-order valence-corrected chi connectivity index (χ4v) is 2.41. The number of ether oxygens (including phenoxy) is 2. The smallest absolute Gasteiger partial charge is 0.164 e. The molecule has 0 saturated heterocycles. The van der Waals surface area contributed by atoms with E-state index in [9.17, 15) is 0 Å². The van der Waals surface area contributed by atoms with Crippen LogP contribution in [-0.2, 0) is 0 Å². The van der Waals surface area contributed by atoms with Crippen molar-refractivity contribution in [2.45, 2.75) is 32.7 Å². The third-order valence-corrected chi connectivity index (χ3v) is 3.04. The Morgan fingerprint density at radius 2 is 1.71 bits per heavy atom. The van der Waals surface area contributed by atoms with Gasteiger partial charge in [-0.15, -0.1) is 0 Å². The van der Waals surface area contributed by atoms with Gasteiger partial charge in [0, 0.05) is 22.7 Å². The van der Waals surface area contributed by atoms with Crippen molar-refractivity contribution in [3.05, 3.63) is 22.2 Å². The third kappa shape index (κ3) is 2.67. The van der Waals surface area contributed by atoms with Crippen molar-refractivity contribution in [1.82, 2.24) is 0 Å². The molecular weight excluding hydrogens is 238 g/mol. The van der Waals surface area contributed by atoms with Gasteiger partial charge in [-0.25, -0.2) is 0 Å². The second kappa shape index (κ2) is 5.61. The van der Waals surface area contributed by atoms with Crippen LogP contribution in [0.4, 0.5) is 0 Å². The monoisotopic (exact) mass is 257 g/mol. The molecule has 4 heteroatoms. The van der Waals surface area contributed by atoms with Crippen molar-refractivity contribution in [2.24, 2.45) is 5.73 Å². The Morgan fingerprint density at radius 3 is 2.06 bits per heavy atom. The van der Waals surface area contributed by atoms with Crippen LogP contribution in [0.15, 0.2) is 6.07 Å². The highest BCUT2D eigenvalue weighted by Gasteiger charge is 2.22. The molecular formula is C13H20ClNO2. The molecule has 0 aliphatic carbocycles. The van der Waals surface area contributed by atoms with Crippen molar-refractivity contribution in [2.75, 3.05) is 14.2 Å². The van der Waals surface area contributed by atoms with Gasteiger partial charge in [0.05, 0.1) is 14.2 Å². The van der Waals surface area contributed by atoms with Gasteiger partial charge in [0.25, 0.3) is 0 Å². The number of benzene rings is 1. The molecule has 0 radical (unpaired) electrons. The lowest BCUT2D eigenvalue weighted by atomic mass is 9.92. The minimum Gasteiger partial charge on any atom is -0.493 e. The quantitative estimate of drug-likeness (QED) is 0.898. The molecule has 0 spiro atoms. The summed E-state index contributed by atoms with van der Waals surface area (Å²) in [5.74, 6) is 1.63. The highest BCUT2D eigenvalue weighted by Crippen LogP contribution is 2.43. The van der Waals surface area contributed by atoms with Gasteiger partial charge in [-0.2, -0.15) is 0 Å². The van der Waals surface area contributed by atoms with E-state index in [0.717, 1.165) is 16.9 Å². The summed E-state index contributed by atoms with van der Waals surface area (Å²) < 4.78 is 10.7. The third-order valence-electron chi connectivity index (χ3n) is 2.73. The number of hydrogen-bond acceptors (Lipinski definition) is 3. The van der Waals surface area contributed by atoms with Gasteiger partial charge in [0.1, 0.15) is 0 Å². The van der Waals surface area contributed by atoms with E-state index in [0.29, 0.717) is 10.8 Å². The lowest BCUT2D eigenvalue weighted by molar-refractivity contribution is 0.349. The van der Waals surface area contributed by atoms with Crippen LogP contribution < -0.4 is 15.2 Å². The van der Waals surface area contributed by atoms with Gasteiger partial charge < -0.3 is 15.2 Å². The van der Waals surface area contributed by atoms with E-state index in [-0.39, 0.29) is 12.0 Å². The molecule has 0 fully saturated rings. The lowest BCUT2D eigenvalue weighted by Crippen LogP contribution is -2.12. The molecule has 0 heterocycles. The first-order valence-electron chi connectivity index (χ1n) is 5.63. The van der Waals surface area contributed by atoms with Gasteiger partial charge in [-0.3, -0.25) is 0 Å². The SMILES string of the molecule is COc1cc(Cl)c(C(C)N)c(C(C)C)c1OC. The summed E-state index contributed by atoms with van der Waals surface area (Å²) in [5.41, 5.74) is 7.94. The second-order valence-electron chi connectivity index (χ2n) is 4.36. The molecule has 1 rings (SSSR count). The van der Waals surface area contributed by atoms with Crippen LogP contribution >= 0.6 is 11.6 Å². The molecule has 1 aromatic rings. The van der Waals surface area contributed by atoms with E-state index in [1.54, 1.807) is 20.3 Å². The molecule has 1 unspecified atom stereocenters. The summed E-state index contributed by atoms with van der Waals surface area (Å²) in [6, 6.07) is 1.62. The summed E-state index contributed by atoms with van der Waals surface area (Å²) in [5, 5.41) is 0.626. The Balaban J connectivity index is 3.61. The minimum atomic E-state index is -0.139. The van der Waals surface area contributed by atoms with E-state index >= 15 is 0 Å². The van der Waals surface area contributed by atoms with E-state index in [2.05, 4.69) is 13.8 Å². The van der Waals surface area contributed by atoms with Gasteiger partial charge in [-0.05, 0) is 18.4 Å². The molecule has 2 N–H and O–H groups in total. The summed E-state index contributed by atoms with van der Waals surface area (Å²) in [6.07, 6.45) is 0. The maximum Gasteiger partial charge on any atom is 0.164 e. The molecule has 3 nitrogen and oxygen atoms in total. The van der Waals surface area contributed by atoms with E-state index < -0.39 is 0 Å². The molecule has 17 heavy (non-hydrogen) atoms. The van der Waals surface area contributed by atoms with Crippen LogP contribution in [0, 0.1) is 0 Å². The largest absolute Gasteiger partial charge is 0.493 e. The van der Waals surface area contributed by atoms with Crippen LogP contribution in [0.5, 0.6) is 11.5 Å². The number of halogens is 1. The van der Waals surface area contributed by atoms with Gasteiger partial charge >= 0.3 is 0 Å². The van der Waals surface area contributed by atoms with Gasteiger partial charge in [0.15, 0.2) is 11.5 Å². The van der Waals surface area contributed by atoms with E-state index in [1.807, 2.05) is 6.92 Å². The molecule has 1 aromatic carbocycles. The van der Waals surface area contributed by atoms with Crippen LogP contribution in [0.2, 0.25) is 5.02 Å². The molecule has 1 atom stereocenters. The summed E-state index contributed by atoms with van der Waals surface area (Å²) >= 11 is 6.27. The standard InChI is InChI=1S/C13H20ClNO2/c1-7(2)11-12(8(3)15)9(14)6-10(16-4)13(11)17-5/h6-8H,15H2,1-5H3. The molecule has 0 aromatic heterocycles. The molecule has 0 aliphatic heterocycles. The number of rotatable bonds is 4. The second-order valence-corrected chi connectivity index (χ2v) is 4.77. The Kier molecular flexibility index (Phi) is 4.66. The van der Waals surface area contributed by atoms with Crippen LogP contribution in [0.25, 0.3) is 0 Å². The predicted molar refractivity (Wildman–Crippen MR) is 71.2 cm³/mol. The molecule has 0 saturated carbocycles. The average molecular weight is 258 g/mol. The normalized spacial score (nSPS) is 12.7. The molecule has 96 valence electrons. The highest BCUT2D eigenvalue weighted by atomic mass is 35.5. The zero-order chi connectivity index (χ0) is 13.2. The average Bonchev–Trinajstić information content (AvgIpc) is 2.26. The zero-order valence-electron chi connectivity index (χ0n) is 11.0. The van der Waals surface area contributed by atoms with Crippen molar-refractivity contribution in [1.29, 1.82) is 0 Å². The maximum atomic E-state index is 6.27. The van der Waals surface area contributed by atoms with E-state index in [4.69, 9.17) is 26.8 Å². The zero-order valence-corrected chi connectivity index (χ0v) is 11.8. The summed E-state index contributed by atoms with van der Waals surface area (Å²) in [4.78, 5) is 0. The molecule has 0 aliphatic rings. The van der Waals surface area contributed by atoms with Crippen molar-refractivity contribution < 1.29 is 9.47 Å². The first-order chi connectivity index (χ1) is 7.93. The van der Waals surface area contributed by atoms with Crippen molar-refractivity contribution in [3.63, 3.8) is 0 Å². The highest BCUT2D eigenvalue weighted by molar-refractivity contribution is 6.31. The van der Waals surface area contributed by atoms with E-state index in [1.165, 1.54) is 0 Å². The fraction of sp³-hybridized carbons (Fsp3) is 0.538. The Hall–Kier alpha value is -0.930. The minimum absolute atomic E-state index is 0.139. The fourth-order valence-electron chi connectivity index (χ4n) is 2.04. The van der Waals surface area contributed by atoms with Crippen LogP contribution in [0.3, 0.4) is 0 Å². The lowest BCUT2D eigenvalue weighted by Gasteiger charge is -2.22.